The monoisotopic (exact) mass is 296 g/mol. The lowest BCUT2D eigenvalue weighted by Gasteiger charge is -2.08. The van der Waals surface area contributed by atoms with Crippen molar-refractivity contribution >= 4 is 18.1 Å². The third-order valence-electron chi connectivity index (χ3n) is 3.44. The summed E-state index contributed by atoms with van der Waals surface area (Å²) in [5.74, 6) is 0.604. The Labute approximate surface area is 131 Å². The highest BCUT2D eigenvalue weighted by Crippen LogP contribution is 2.29. The van der Waals surface area contributed by atoms with E-state index in [0.717, 1.165) is 11.1 Å². The van der Waals surface area contributed by atoms with Crippen molar-refractivity contribution in [3.05, 3.63) is 58.7 Å². The number of methoxy groups -OCH3 is 1. The van der Waals surface area contributed by atoms with Crippen LogP contribution in [-0.4, -0.2) is 13.1 Å². The van der Waals surface area contributed by atoms with Gasteiger partial charge in [0.05, 0.1) is 7.11 Å². The molecule has 2 aromatic carbocycles. The van der Waals surface area contributed by atoms with Crippen LogP contribution in [0.3, 0.4) is 0 Å². The van der Waals surface area contributed by atoms with Gasteiger partial charge in [-0.25, -0.2) is 0 Å². The minimum Gasteiger partial charge on any atom is -0.493 e. The van der Waals surface area contributed by atoms with Crippen LogP contribution in [0, 0.1) is 13.8 Å². The number of hydrogen-bond donors (Lipinski definition) is 0. The second kappa shape index (κ2) is 6.94. The summed E-state index contributed by atoms with van der Waals surface area (Å²) in [5.41, 5.74) is 4.67. The summed E-state index contributed by atoms with van der Waals surface area (Å²) < 4.78 is 10.4. The van der Waals surface area contributed by atoms with Gasteiger partial charge >= 0.3 is 5.97 Å². The lowest BCUT2D eigenvalue weighted by molar-refractivity contribution is -0.132. The van der Waals surface area contributed by atoms with E-state index in [2.05, 4.69) is 32.0 Å². The van der Waals surface area contributed by atoms with Crippen molar-refractivity contribution in [2.75, 3.05) is 7.11 Å². The van der Waals surface area contributed by atoms with Crippen LogP contribution in [0.4, 0.5) is 0 Å². The van der Waals surface area contributed by atoms with Gasteiger partial charge in [-0.05, 0) is 48.2 Å². The first-order valence-corrected chi connectivity index (χ1v) is 7.11. The fourth-order valence-corrected chi connectivity index (χ4v) is 2.09. The molecule has 0 heterocycles. The van der Waals surface area contributed by atoms with E-state index in [1.54, 1.807) is 13.2 Å². The topological polar surface area (TPSA) is 35.5 Å². The largest absolute Gasteiger partial charge is 0.493 e. The number of ether oxygens (including phenoxy) is 2. The average molecular weight is 296 g/mol. The van der Waals surface area contributed by atoms with Gasteiger partial charge in [-0.1, -0.05) is 36.4 Å². The molecule has 0 saturated carbocycles. The van der Waals surface area contributed by atoms with Crippen molar-refractivity contribution in [3.63, 3.8) is 0 Å². The average Bonchev–Trinajstić information content (AvgIpc) is 2.49. The van der Waals surface area contributed by atoms with Crippen LogP contribution in [0.5, 0.6) is 11.5 Å². The van der Waals surface area contributed by atoms with Gasteiger partial charge in [0.15, 0.2) is 11.5 Å². The molecule has 3 heteroatoms. The van der Waals surface area contributed by atoms with E-state index < -0.39 is 0 Å². The molecule has 114 valence electrons. The van der Waals surface area contributed by atoms with Crippen LogP contribution in [0.25, 0.3) is 12.2 Å². The molecule has 0 bridgehead atoms. The summed E-state index contributed by atoms with van der Waals surface area (Å²) in [6.45, 7) is 5.57. The summed E-state index contributed by atoms with van der Waals surface area (Å²) in [7, 11) is 1.55. The molecule has 0 saturated heterocycles. The second-order valence-electron chi connectivity index (χ2n) is 5.18. The molecule has 0 unspecified atom stereocenters. The lowest BCUT2D eigenvalue weighted by Crippen LogP contribution is -2.02. The zero-order chi connectivity index (χ0) is 16.1. The Bertz CT molecular complexity index is 715. The van der Waals surface area contributed by atoms with E-state index >= 15 is 0 Å². The highest BCUT2D eigenvalue weighted by Gasteiger charge is 2.06. The first-order valence-electron chi connectivity index (χ1n) is 7.11. The van der Waals surface area contributed by atoms with Gasteiger partial charge in [-0.15, -0.1) is 0 Å². The van der Waals surface area contributed by atoms with Crippen LogP contribution in [-0.2, 0) is 4.79 Å². The van der Waals surface area contributed by atoms with Gasteiger partial charge in [-0.2, -0.15) is 0 Å². The summed E-state index contributed by atoms with van der Waals surface area (Å²) in [4.78, 5) is 11.0. The minimum absolute atomic E-state index is 0.364. The van der Waals surface area contributed by atoms with Gasteiger partial charge < -0.3 is 9.47 Å². The van der Waals surface area contributed by atoms with Crippen molar-refractivity contribution in [2.45, 2.75) is 20.8 Å². The van der Waals surface area contributed by atoms with Crippen LogP contribution < -0.4 is 9.47 Å². The zero-order valence-electron chi connectivity index (χ0n) is 13.3. The second-order valence-corrected chi connectivity index (χ2v) is 5.18. The number of carbonyl (C=O) groups excluding carboxylic acids is 1. The molecule has 0 atom stereocenters. The van der Waals surface area contributed by atoms with E-state index in [1.165, 1.54) is 18.1 Å². The Morgan fingerprint density at radius 2 is 1.55 bits per heavy atom. The van der Waals surface area contributed by atoms with Gasteiger partial charge in [0.2, 0.25) is 0 Å². The number of carbonyl (C=O) groups is 1. The number of esters is 1. The number of aryl methyl sites for hydroxylation is 2. The van der Waals surface area contributed by atoms with Gasteiger partial charge in [0.25, 0.3) is 0 Å². The Morgan fingerprint density at radius 3 is 2.14 bits per heavy atom. The summed E-state index contributed by atoms with van der Waals surface area (Å²) in [5, 5.41) is 0. The standard InChI is InChI=1S/C19H20O3/c1-13-5-6-16(11-14(13)2)7-8-17-9-10-18(22-15(3)20)19(12-17)21-4/h5-12H,1-4H3/b8-7+. The number of benzene rings is 2. The predicted octanol–water partition coefficient (Wildman–Crippen LogP) is 4.41. The maximum Gasteiger partial charge on any atom is 0.308 e. The van der Waals surface area contributed by atoms with Crippen LogP contribution >= 0.6 is 0 Å². The maximum atomic E-state index is 11.0. The third-order valence-corrected chi connectivity index (χ3v) is 3.44. The van der Waals surface area contributed by atoms with E-state index in [1.807, 2.05) is 24.3 Å². The molecule has 0 aliphatic heterocycles. The quantitative estimate of drug-likeness (QED) is 0.476. The van der Waals surface area contributed by atoms with E-state index in [4.69, 9.17) is 9.47 Å². The van der Waals surface area contributed by atoms with Crippen molar-refractivity contribution in [2.24, 2.45) is 0 Å². The van der Waals surface area contributed by atoms with Crippen molar-refractivity contribution < 1.29 is 14.3 Å². The van der Waals surface area contributed by atoms with Gasteiger partial charge in [-0.3, -0.25) is 4.79 Å². The summed E-state index contributed by atoms with van der Waals surface area (Å²) >= 11 is 0. The SMILES string of the molecule is COc1cc(/C=C/c2ccc(C)c(C)c2)ccc1OC(C)=O. The molecule has 0 N–H and O–H groups in total. The van der Waals surface area contributed by atoms with E-state index in [-0.39, 0.29) is 5.97 Å². The third kappa shape index (κ3) is 3.98. The summed E-state index contributed by atoms with van der Waals surface area (Å²) in [6.07, 6.45) is 4.05. The first kappa shape index (κ1) is 15.8. The van der Waals surface area contributed by atoms with Crippen molar-refractivity contribution in [1.82, 2.24) is 0 Å². The number of hydrogen-bond acceptors (Lipinski definition) is 3. The Hall–Kier alpha value is -2.55. The van der Waals surface area contributed by atoms with E-state index in [0.29, 0.717) is 11.5 Å². The first-order chi connectivity index (χ1) is 10.5. The van der Waals surface area contributed by atoms with Gasteiger partial charge in [0.1, 0.15) is 0 Å². The van der Waals surface area contributed by atoms with E-state index in [9.17, 15) is 4.79 Å². The molecule has 2 aromatic rings. The molecule has 0 spiro atoms. The highest BCUT2D eigenvalue weighted by atomic mass is 16.6. The molecular weight excluding hydrogens is 276 g/mol. The molecule has 0 radical (unpaired) electrons. The van der Waals surface area contributed by atoms with Crippen molar-refractivity contribution in [3.8, 4) is 11.5 Å². The fourth-order valence-electron chi connectivity index (χ4n) is 2.09. The molecule has 2 rings (SSSR count). The van der Waals surface area contributed by atoms with Crippen LogP contribution in [0.2, 0.25) is 0 Å². The molecule has 0 aliphatic carbocycles. The molecule has 3 nitrogen and oxygen atoms in total. The van der Waals surface area contributed by atoms with Crippen LogP contribution in [0.1, 0.15) is 29.2 Å². The fraction of sp³-hybridized carbons (Fsp3) is 0.211. The summed E-state index contributed by atoms with van der Waals surface area (Å²) in [6, 6.07) is 11.8. The van der Waals surface area contributed by atoms with Crippen molar-refractivity contribution in [1.29, 1.82) is 0 Å². The minimum atomic E-state index is -0.364. The highest BCUT2D eigenvalue weighted by molar-refractivity contribution is 5.73. The maximum absolute atomic E-state index is 11.0. The molecule has 0 aliphatic rings. The van der Waals surface area contributed by atoms with Crippen LogP contribution in [0.15, 0.2) is 36.4 Å². The zero-order valence-corrected chi connectivity index (χ0v) is 13.3. The molecule has 0 fully saturated rings. The van der Waals surface area contributed by atoms with Gasteiger partial charge in [0, 0.05) is 6.92 Å². The smallest absolute Gasteiger partial charge is 0.308 e. The molecule has 22 heavy (non-hydrogen) atoms. The number of rotatable bonds is 4. The normalized spacial score (nSPS) is 10.7. The Morgan fingerprint density at radius 1 is 0.909 bits per heavy atom. The molecule has 0 amide bonds. The Kier molecular flexibility index (Phi) is 4.99. The predicted molar refractivity (Wildman–Crippen MR) is 89.1 cm³/mol. The lowest BCUT2D eigenvalue weighted by atomic mass is 10.1. The Balaban J connectivity index is 2.23. The molecule has 0 aromatic heterocycles. The molecular formula is C19H20O3.